The fourth-order valence-electron chi connectivity index (χ4n) is 2.43. The first kappa shape index (κ1) is 17.7. The van der Waals surface area contributed by atoms with Crippen LogP contribution in [0.15, 0.2) is 28.7 Å². The molecule has 1 amide bonds. The summed E-state index contributed by atoms with van der Waals surface area (Å²) in [5.41, 5.74) is 9.00. The highest BCUT2D eigenvalue weighted by atomic mass is 79.9. The van der Waals surface area contributed by atoms with E-state index in [0.29, 0.717) is 25.2 Å². The third-order valence-corrected chi connectivity index (χ3v) is 4.34. The molecule has 0 fully saturated rings. The van der Waals surface area contributed by atoms with Gasteiger partial charge >= 0.3 is 0 Å². The Kier molecular flexibility index (Phi) is 5.96. The average Bonchev–Trinajstić information content (AvgIpc) is 2.78. The Morgan fingerprint density at radius 3 is 2.83 bits per heavy atom. The molecule has 6 heteroatoms. The molecule has 1 atom stereocenters. The highest BCUT2D eigenvalue weighted by molar-refractivity contribution is 9.10. The highest BCUT2D eigenvalue weighted by Gasteiger charge is 2.19. The van der Waals surface area contributed by atoms with Crippen LogP contribution in [0.1, 0.15) is 34.2 Å². The summed E-state index contributed by atoms with van der Waals surface area (Å²) < 4.78 is 2.91. The van der Waals surface area contributed by atoms with Crippen molar-refractivity contribution in [3.05, 3.63) is 51.3 Å². The maximum Gasteiger partial charge on any atom is 0.255 e. The molecule has 0 aliphatic rings. The number of aryl methyl sites for hydroxylation is 1. The van der Waals surface area contributed by atoms with Gasteiger partial charge in [-0.05, 0) is 44.0 Å². The first-order valence-electron chi connectivity index (χ1n) is 7.69. The monoisotopic (exact) mass is 378 g/mol. The summed E-state index contributed by atoms with van der Waals surface area (Å²) in [4.78, 5) is 12.4. The van der Waals surface area contributed by atoms with Crippen molar-refractivity contribution in [1.29, 1.82) is 0 Å². The van der Waals surface area contributed by atoms with Crippen LogP contribution in [0, 0.1) is 19.8 Å². The lowest BCUT2D eigenvalue weighted by Crippen LogP contribution is -2.31. The maximum atomic E-state index is 12.4. The van der Waals surface area contributed by atoms with E-state index in [2.05, 4.69) is 32.4 Å². The average molecular weight is 379 g/mol. The minimum atomic E-state index is -0.0826. The second kappa shape index (κ2) is 7.75. The fourth-order valence-corrected chi connectivity index (χ4v) is 2.87. The molecule has 0 aliphatic heterocycles. The van der Waals surface area contributed by atoms with E-state index in [1.807, 2.05) is 43.7 Å². The van der Waals surface area contributed by atoms with Gasteiger partial charge in [-0.2, -0.15) is 5.10 Å². The van der Waals surface area contributed by atoms with Crippen LogP contribution in [0.3, 0.4) is 0 Å². The Morgan fingerprint density at radius 1 is 1.43 bits per heavy atom. The first-order chi connectivity index (χ1) is 10.9. The van der Waals surface area contributed by atoms with E-state index in [1.165, 1.54) is 0 Å². The molecule has 0 aliphatic carbocycles. The van der Waals surface area contributed by atoms with Crippen molar-refractivity contribution in [1.82, 2.24) is 15.1 Å². The van der Waals surface area contributed by atoms with E-state index in [4.69, 9.17) is 5.73 Å². The van der Waals surface area contributed by atoms with Gasteiger partial charge in [-0.15, -0.1) is 0 Å². The molecule has 0 bridgehead atoms. The number of benzene rings is 1. The van der Waals surface area contributed by atoms with Crippen molar-refractivity contribution in [2.24, 2.45) is 11.7 Å². The van der Waals surface area contributed by atoms with Crippen LogP contribution in [0.2, 0.25) is 0 Å². The quantitative estimate of drug-likeness (QED) is 0.811. The summed E-state index contributed by atoms with van der Waals surface area (Å²) in [6, 6.07) is 8.08. The summed E-state index contributed by atoms with van der Waals surface area (Å²) in [5, 5.41) is 7.46. The standard InChI is InChI=1S/C17H23BrN4O/c1-11(8-19)9-20-17(23)16-12(2)21-22(13(16)3)10-14-5-4-6-15(18)7-14/h4-7,11H,8-10,19H2,1-3H3,(H,20,23). The molecule has 2 rings (SSSR count). The summed E-state index contributed by atoms with van der Waals surface area (Å²) in [5.74, 6) is 0.178. The van der Waals surface area contributed by atoms with E-state index >= 15 is 0 Å². The van der Waals surface area contributed by atoms with Gasteiger partial charge in [0.05, 0.1) is 17.8 Å². The van der Waals surface area contributed by atoms with Crippen molar-refractivity contribution >= 4 is 21.8 Å². The van der Waals surface area contributed by atoms with Gasteiger partial charge in [-0.3, -0.25) is 9.48 Å². The molecule has 1 unspecified atom stereocenters. The van der Waals surface area contributed by atoms with Crippen LogP contribution in [0.25, 0.3) is 0 Å². The number of hydrogen-bond acceptors (Lipinski definition) is 3. The number of nitrogens with one attached hydrogen (secondary N) is 1. The minimum absolute atomic E-state index is 0.0826. The Hall–Kier alpha value is -1.66. The molecular formula is C17H23BrN4O. The first-order valence-corrected chi connectivity index (χ1v) is 8.48. The largest absolute Gasteiger partial charge is 0.352 e. The van der Waals surface area contributed by atoms with E-state index in [0.717, 1.165) is 21.4 Å². The van der Waals surface area contributed by atoms with Gasteiger partial charge in [-0.1, -0.05) is 35.0 Å². The molecular weight excluding hydrogens is 356 g/mol. The van der Waals surface area contributed by atoms with E-state index < -0.39 is 0 Å². The van der Waals surface area contributed by atoms with Crippen LogP contribution >= 0.6 is 15.9 Å². The van der Waals surface area contributed by atoms with Crippen LogP contribution in [-0.2, 0) is 6.54 Å². The Balaban J connectivity index is 2.17. The summed E-state index contributed by atoms with van der Waals surface area (Å²) >= 11 is 3.47. The maximum absolute atomic E-state index is 12.4. The molecule has 2 aromatic rings. The van der Waals surface area contributed by atoms with Gasteiger partial charge in [0.15, 0.2) is 0 Å². The molecule has 124 valence electrons. The predicted molar refractivity (Wildman–Crippen MR) is 95.5 cm³/mol. The number of nitrogens with two attached hydrogens (primary N) is 1. The van der Waals surface area contributed by atoms with Gasteiger partial charge in [-0.25, -0.2) is 0 Å². The molecule has 1 heterocycles. The lowest BCUT2D eigenvalue weighted by molar-refractivity contribution is 0.0947. The highest BCUT2D eigenvalue weighted by Crippen LogP contribution is 2.17. The zero-order chi connectivity index (χ0) is 17.0. The van der Waals surface area contributed by atoms with Crippen molar-refractivity contribution in [2.45, 2.75) is 27.3 Å². The van der Waals surface area contributed by atoms with Gasteiger partial charge < -0.3 is 11.1 Å². The molecule has 1 aromatic heterocycles. The second-order valence-electron chi connectivity index (χ2n) is 5.88. The smallest absolute Gasteiger partial charge is 0.255 e. The number of amides is 1. The molecule has 0 spiro atoms. The molecule has 23 heavy (non-hydrogen) atoms. The number of rotatable bonds is 6. The third-order valence-electron chi connectivity index (χ3n) is 3.84. The van der Waals surface area contributed by atoms with Crippen LogP contribution in [0.4, 0.5) is 0 Å². The molecule has 3 N–H and O–H groups in total. The molecule has 0 saturated heterocycles. The van der Waals surface area contributed by atoms with E-state index in [9.17, 15) is 4.79 Å². The van der Waals surface area contributed by atoms with E-state index in [1.54, 1.807) is 0 Å². The van der Waals surface area contributed by atoms with Crippen LogP contribution < -0.4 is 11.1 Å². The number of hydrogen-bond donors (Lipinski definition) is 2. The van der Waals surface area contributed by atoms with Crippen molar-refractivity contribution in [3.63, 3.8) is 0 Å². The topological polar surface area (TPSA) is 72.9 Å². The van der Waals surface area contributed by atoms with Gasteiger partial charge in [0.1, 0.15) is 0 Å². The lowest BCUT2D eigenvalue weighted by atomic mass is 10.1. The van der Waals surface area contributed by atoms with Gasteiger partial charge in [0.2, 0.25) is 0 Å². The lowest BCUT2D eigenvalue weighted by Gasteiger charge is -2.10. The zero-order valence-electron chi connectivity index (χ0n) is 13.8. The van der Waals surface area contributed by atoms with Gasteiger partial charge in [0.25, 0.3) is 5.91 Å². The minimum Gasteiger partial charge on any atom is -0.352 e. The summed E-state index contributed by atoms with van der Waals surface area (Å²) in [6.07, 6.45) is 0. The molecule has 1 aromatic carbocycles. The van der Waals surface area contributed by atoms with Crippen molar-refractivity contribution in [2.75, 3.05) is 13.1 Å². The summed E-state index contributed by atoms with van der Waals surface area (Å²) in [6.45, 7) is 7.58. The fraction of sp³-hybridized carbons (Fsp3) is 0.412. The van der Waals surface area contributed by atoms with E-state index in [-0.39, 0.29) is 11.8 Å². The summed E-state index contributed by atoms with van der Waals surface area (Å²) in [7, 11) is 0. The Labute approximate surface area is 145 Å². The number of carbonyl (C=O) groups excluding carboxylic acids is 1. The second-order valence-corrected chi connectivity index (χ2v) is 6.80. The van der Waals surface area contributed by atoms with Crippen LogP contribution in [-0.4, -0.2) is 28.8 Å². The zero-order valence-corrected chi connectivity index (χ0v) is 15.4. The molecule has 5 nitrogen and oxygen atoms in total. The van der Waals surface area contributed by atoms with Crippen molar-refractivity contribution < 1.29 is 4.79 Å². The number of aromatic nitrogens is 2. The number of carbonyl (C=O) groups is 1. The normalized spacial score (nSPS) is 12.2. The Bertz CT molecular complexity index is 696. The Morgan fingerprint density at radius 2 is 2.17 bits per heavy atom. The molecule has 0 saturated carbocycles. The number of nitrogens with zero attached hydrogens (tertiary/aromatic N) is 2. The molecule has 0 radical (unpaired) electrons. The number of halogens is 1. The van der Waals surface area contributed by atoms with Crippen molar-refractivity contribution in [3.8, 4) is 0 Å². The SMILES string of the molecule is Cc1nn(Cc2cccc(Br)c2)c(C)c1C(=O)NCC(C)CN. The third kappa shape index (κ3) is 4.42. The van der Waals surface area contributed by atoms with Gasteiger partial charge in [0, 0.05) is 16.7 Å². The van der Waals surface area contributed by atoms with Crippen LogP contribution in [0.5, 0.6) is 0 Å². The predicted octanol–water partition coefficient (Wildman–Crippen LogP) is 2.64.